The molecule has 0 aromatic heterocycles. The lowest BCUT2D eigenvalue weighted by atomic mass is 10.2. The highest BCUT2D eigenvalue weighted by atomic mass is 16.5. The van der Waals surface area contributed by atoms with Crippen LogP contribution in [-0.4, -0.2) is 26.3 Å². The van der Waals surface area contributed by atoms with Crippen LogP contribution in [0.2, 0.25) is 0 Å². The van der Waals surface area contributed by atoms with E-state index in [1.165, 1.54) is 38.6 Å². The molecule has 15 heavy (non-hydrogen) atoms. The highest BCUT2D eigenvalue weighted by molar-refractivity contribution is 4.71. The second-order valence-electron chi connectivity index (χ2n) is 5.18. The number of ether oxygens (including phenoxy) is 1. The molecule has 1 N–H and O–H groups in total. The van der Waals surface area contributed by atoms with E-state index in [-0.39, 0.29) is 0 Å². The molecule has 1 aliphatic rings. The third kappa shape index (κ3) is 8.88. The Hall–Kier alpha value is -0.0800. The van der Waals surface area contributed by atoms with Gasteiger partial charge in [0.1, 0.15) is 0 Å². The van der Waals surface area contributed by atoms with Gasteiger partial charge >= 0.3 is 0 Å². The molecule has 0 atom stereocenters. The minimum Gasteiger partial charge on any atom is -0.381 e. The van der Waals surface area contributed by atoms with Crippen molar-refractivity contribution < 1.29 is 4.74 Å². The average Bonchev–Trinajstić information content (AvgIpc) is 2.98. The van der Waals surface area contributed by atoms with E-state index < -0.39 is 0 Å². The van der Waals surface area contributed by atoms with Crippen LogP contribution in [-0.2, 0) is 4.74 Å². The van der Waals surface area contributed by atoms with Crippen LogP contribution in [0.25, 0.3) is 0 Å². The molecule has 0 aromatic rings. The Balaban J connectivity index is 1.65. The molecule has 0 aromatic carbocycles. The van der Waals surface area contributed by atoms with Crippen molar-refractivity contribution in [1.29, 1.82) is 0 Å². The Labute approximate surface area is 94.8 Å². The molecule has 0 amide bonds. The third-order valence-corrected chi connectivity index (χ3v) is 2.75. The predicted molar refractivity (Wildman–Crippen MR) is 65.1 cm³/mol. The zero-order chi connectivity index (χ0) is 10.9. The van der Waals surface area contributed by atoms with Gasteiger partial charge in [0, 0.05) is 13.2 Å². The topological polar surface area (TPSA) is 21.3 Å². The Morgan fingerprint density at radius 2 is 2.00 bits per heavy atom. The largest absolute Gasteiger partial charge is 0.381 e. The highest BCUT2D eigenvalue weighted by Crippen LogP contribution is 2.28. The summed E-state index contributed by atoms with van der Waals surface area (Å²) in [5.41, 5.74) is 0. The summed E-state index contributed by atoms with van der Waals surface area (Å²) in [4.78, 5) is 0. The van der Waals surface area contributed by atoms with E-state index in [9.17, 15) is 0 Å². The van der Waals surface area contributed by atoms with E-state index in [1.807, 2.05) is 0 Å². The van der Waals surface area contributed by atoms with E-state index in [4.69, 9.17) is 4.74 Å². The molecule has 2 heteroatoms. The van der Waals surface area contributed by atoms with E-state index in [2.05, 4.69) is 19.2 Å². The molecule has 1 saturated carbocycles. The van der Waals surface area contributed by atoms with Crippen molar-refractivity contribution in [3.05, 3.63) is 0 Å². The smallest absolute Gasteiger partial charge is 0.0494 e. The van der Waals surface area contributed by atoms with Gasteiger partial charge in [0.25, 0.3) is 0 Å². The van der Waals surface area contributed by atoms with E-state index in [1.54, 1.807) is 0 Å². The first kappa shape index (κ1) is 13.0. The van der Waals surface area contributed by atoms with Gasteiger partial charge in [-0.1, -0.05) is 13.8 Å². The number of rotatable bonds is 10. The van der Waals surface area contributed by atoms with Crippen LogP contribution in [0.15, 0.2) is 0 Å². The van der Waals surface area contributed by atoms with Gasteiger partial charge in [-0.05, 0) is 57.0 Å². The quantitative estimate of drug-likeness (QED) is 0.563. The number of nitrogens with one attached hydrogen (secondary N) is 1. The van der Waals surface area contributed by atoms with Crippen LogP contribution in [0, 0.1) is 11.8 Å². The Morgan fingerprint density at radius 1 is 1.20 bits per heavy atom. The number of unbranched alkanes of at least 4 members (excludes halogenated alkanes) is 2. The second-order valence-corrected chi connectivity index (χ2v) is 5.18. The van der Waals surface area contributed by atoms with Crippen LogP contribution < -0.4 is 5.32 Å². The summed E-state index contributed by atoms with van der Waals surface area (Å²) in [5.74, 6) is 1.68. The summed E-state index contributed by atoms with van der Waals surface area (Å²) < 4.78 is 5.58. The van der Waals surface area contributed by atoms with E-state index in [0.29, 0.717) is 0 Å². The van der Waals surface area contributed by atoms with Crippen molar-refractivity contribution >= 4 is 0 Å². The molecule has 1 aliphatic carbocycles. The Kier molecular flexibility index (Phi) is 7.03. The van der Waals surface area contributed by atoms with Gasteiger partial charge in [-0.25, -0.2) is 0 Å². The molecule has 0 saturated heterocycles. The summed E-state index contributed by atoms with van der Waals surface area (Å²) in [6.45, 7) is 8.81. The van der Waals surface area contributed by atoms with Gasteiger partial charge in [0.05, 0.1) is 0 Å². The lowest BCUT2D eigenvalue weighted by Crippen LogP contribution is -2.20. The summed E-state index contributed by atoms with van der Waals surface area (Å²) in [6, 6.07) is 0. The molecule has 0 spiro atoms. The van der Waals surface area contributed by atoms with Crippen LogP contribution >= 0.6 is 0 Å². The lowest BCUT2D eigenvalue weighted by Gasteiger charge is -2.07. The van der Waals surface area contributed by atoms with Gasteiger partial charge in [0.15, 0.2) is 0 Å². The molecule has 90 valence electrons. The molecular weight excluding hydrogens is 186 g/mol. The van der Waals surface area contributed by atoms with Crippen LogP contribution in [0.4, 0.5) is 0 Å². The zero-order valence-corrected chi connectivity index (χ0v) is 10.4. The van der Waals surface area contributed by atoms with Crippen LogP contribution in [0.1, 0.15) is 46.0 Å². The van der Waals surface area contributed by atoms with E-state index in [0.717, 1.165) is 31.6 Å². The van der Waals surface area contributed by atoms with Crippen LogP contribution in [0.3, 0.4) is 0 Å². The SMILES string of the molecule is CC(C)CNCCCCCOCC1CC1. The predicted octanol–water partition coefficient (Wildman–Crippen LogP) is 2.83. The minimum atomic E-state index is 0.770. The third-order valence-electron chi connectivity index (χ3n) is 2.75. The van der Waals surface area contributed by atoms with Gasteiger partial charge in [-0.2, -0.15) is 0 Å². The molecule has 0 unspecified atom stereocenters. The minimum absolute atomic E-state index is 0.770. The van der Waals surface area contributed by atoms with Gasteiger partial charge in [-0.3, -0.25) is 0 Å². The van der Waals surface area contributed by atoms with Gasteiger partial charge in [0.2, 0.25) is 0 Å². The zero-order valence-electron chi connectivity index (χ0n) is 10.4. The fourth-order valence-electron chi connectivity index (χ4n) is 1.56. The van der Waals surface area contributed by atoms with Crippen molar-refractivity contribution in [3.8, 4) is 0 Å². The van der Waals surface area contributed by atoms with Gasteiger partial charge in [-0.15, -0.1) is 0 Å². The molecule has 1 fully saturated rings. The van der Waals surface area contributed by atoms with Crippen molar-refractivity contribution in [2.75, 3.05) is 26.3 Å². The normalized spacial score (nSPS) is 16.2. The summed E-state index contributed by atoms with van der Waals surface area (Å²) in [5, 5.41) is 3.46. The Bertz CT molecular complexity index is 135. The molecule has 1 rings (SSSR count). The average molecular weight is 213 g/mol. The molecule has 0 bridgehead atoms. The molecule has 0 aliphatic heterocycles. The van der Waals surface area contributed by atoms with E-state index >= 15 is 0 Å². The van der Waals surface area contributed by atoms with Crippen molar-refractivity contribution in [2.24, 2.45) is 11.8 Å². The second kappa shape index (κ2) is 8.12. The van der Waals surface area contributed by atoms with Gasteiger partial charge < -0.3 is 10.1 Å². The maximum absolute atomic E-state index is 5.58. The lowest BCUT2D eigenvalue weighted by molar-refractivity contribution is 0.120. The summed E-state index contributed by atoms with van der Waals surface area (Å²) in [6.07, 6.45) is 6.63. The van der Waals surface area contributed by atoms with Crippen molar-refractivity contribution in [2.45, 2.75) is 46.0 Å². The highest BCUT2D eigenvalue weighted by Gasteiger charge is 2.20. The maximum Gasteiger partial charge on any atom is 0.0494 e. The monoisotopic (exact) mass is 213 g/mol. The summed E-state index contributed by atoms with van der Waals surface area (Å²) >= 11 is 0. The maximum atomic E-state index is 5.58. The fraction of sp³-hybridized carbons (Fsp3) is 1.00. The first-order valence-electron chi connectivity index (χ1n) is 6.57. The van der Waals surface area contributed by atoms with Crippen molar-refractivity contribution in [3.63, 3.8) is 0 Å². The van der Waals surface area contributed by atoms with Crippen LogP contribution in [0.5, 0.6) is 0 Å². The number of hydrogen-bond acceptors (Lipinski definition) is 2. The first-order valence-corrected chi connectivity index (χ1v) is 6.57. The number of hydrogen-bond donors (Lipinski definition) is 1. The summed E-state index contributed by atoms with van der Waals surface area (Å²) in [7, 11) is 0. The molecular formula is C13H27NO. The molecule has 0 heterocycles. The Morgan fingerprint density at radius 3 is 2.67 bits per heavy atom. The first-order chi connectivity index (χ1) is 7.29. The molecule has 2 nitrogen and oxygen atoms in total. The molecule has 0 radical (unpaired) electrons. The standard InChI is InChI=1S/C13H27NO/c1-12(2)10-14-8-4-3-5-9-15-11-13-6-7-13/h12-14H,3-11H2,1-2H3. The fourth-order valence-corrected chi connectivity index (χ4v) is 1.56. The van der Waals surface area contributed by atoms with Crippen molar-refractivity contribution in [1.82, 2.24) is 5.32 Å².